The highest BCUT2D eigenvalue weighted by atomic mass is 79.9. The molecule has 2 aromatic rings. The maximum Gasteiger partial charge on any atom is 0.252 e. The van der Waals surface area contributed by atoms with Crippen LogP contribution in [0.2, 0.25) is 0 Å². The van der Waals surface area contributed by atoms with Crippen LogP contribution in [-0.2, 0) is 4.79 Å². The molecule has 0 N–H and O–H groups in total. The van der Waals surface area contributed by atoms with Crippen molar-refractivity contribution in [3.05, 3.63) is 58.7 Å². The van der Waals surface area contributed by atoms with Crippen molar-refractivity contribution in [3.63, 3.8) is 0 Å². The number of pyridine rings is 1. The molecule has 1 amide bonds. The predicted molar refractivity (Wildman–Crippen MR) is 92.0 cm³/mol. The molecule has 0 aliphatic carbocycles. The van der Waals surface area contributed by atoms with Crippen LogP contribution in [0.3, 0.4) is 0 Å². The average Bonchev–Trinajstić information content (AvgIpc) is 2.55. The minimum absolute atomic E-state index is 0.111. The molecule has 22 heavy (non-hydrogen) atoms. The zero-order valence-electron chi connectivity index (χ0n) is 12.5. The normalized spacial score (nSPS) is 10.7. The molecule has 0 unspecified atom stereocenters. The first kappa shape index (κ1) is 16.2. The van der Waals surface area contributed by atoms with Gasteiger partial charge in [0.2, 0.25) is 0 Å². The summed E-state index contributed by atoms with van der Waals surface area (Å²) in [5.41, 5.74) is 0.910. The van der Waals surface area contributed by atoms with Crippen molar-refractivity contribution >= 4 is 33.7 Å². The molecular weight excluding hydrogens is 344 g/mol. The van der Waals surface area contributed by atoms with Gasteiger partial charge in [0.05, 0.1) is 7.11 Å². The third-order valence-corrected chi connectivity index (χ3v) is 3.55. The number of aromatic nitrogens is 1. The van der Waals surface area contributed by atoms with Gasteiger partial charge in [-0.25, -0.2) is 4.98 Å². The van der Waals surface area contributed by atoms with E-state index in [2.05, 4.69) is 20.9 Å². The summed E-state index contributed by atoms with van der Waals surface area (Å²) < 4.78 is 6.05. The molecule has 0 aliphatic rings. The number of halogens is 1. The Kier molecular flexibility index (Phi) is 5.72. The van der Waals surface area contributed by atoms with Gasteiger partial charge in [0.15, 0.2) is 0 Å². The summed E-state index contributed by atoms with van der Waals surface area (Å²) in [6.07, 6.45) is 4.99. The number of methoxy groups -OCH3 is 1. The lowest BCUT2D eigenvalue weighted by molar-refractivity contribution is -0.114. The van der Waals surface area contributed by atoms with E-state index < -0.39 is 0 Å². The molecule has 0 fully saturated rings. The first-order valence-corrected chi connectivity index (χ1v) is 7.68. The molecule has 2 rings (SSSR count). The van der Waals surface area contributed by atoms with Crippen molar-refractivity contribution < 1.29 is 9.53 Å². The summed E-state index contributed by atoms with van der Waals surface area (Å²) in [5, 5.41) is 0. The Hall–Kier alpha value is -2.14. The third kappa shape index (κ3) is 4.18. The Labute approximate surface area is 138 Å². The number of hydrogen-bond acceptors (Lipinski definition) is 3. The van der Waals surface area contributed by atoms with Crippen molar-refractivity contribution in [1.82, 2.24) is 4.98 Å². The average molecular weight is 361 g/mol. The summed E-state index contributed by atoms with van der Waals surface area (Å²) in [6.45, 7) is 2.47. The number of ether oxygens (including phenoxy) is 1. The number of carbonyl (C=O) groups is 1. The van der Waals surface area contributed by atoms with Crippen molar-refractivity contribution in [3.8, 4) is 5.75 Å². The van der Waals surface area contributed by atoms with Crippen LogP contribution in [0.1, 0.15) is 12.5 Å². The fraction of sp³-hybridized carbons (Fsp3) is 0.176. The minimum atomic E-state index is -0.111. The van der Waals surface area contributed by atoms with Gasteiger partial charge >= 0.3 is 0 Å². The molecule has 1 aromatic carbocycles. The van der Waals surface area contributed by atoms with Gasteiger partial charge in [-0.15, -0.1) is 0 Å². The number of nitrogens with zero attached hydrogens (tertiary/aromatic N) is 2. The molecule has 114 valence electrons. The Morgan fingerprint density at radius 3 is 2.82 bits per heavy atom. The first-order valence-electron chi connectivity index (χ1n) is 6.89. The van der Waals surface area contributed by atoms with E-state index in [9.17, 15) is 4.79 Å². The van der Waals surface area contributed by atoms with Crippen LogP contribution in [-0.4, -0.2) is 24.5 Å². The van der Waals surface area contributed by atoms with E-state index >= 15 is 0 Å². The van der Waals surface area contributed by atoms with Crippen molar-refractivity contribution in [2.75, 3.05) is 18.6 Å². The predicted octanol–water partition coefficient (Wildman–Crippen LogP) is 3.92. The van der Waals surface area contributed by atoms with Gasteiger partial charge in [0.1, 0.15) is 11.6 Å². The van der Waals surface area contributed by atoms with E-state index in [1.54, 1.807) is 30.4 Å². The second-order valence-corrected chi connectivity index (χ2v) is 5.44. The van der Waals surface area contributed by atoms with Crippen LogP contribution in [0, 0.1) is 0 Å². The minimum Gasteiger partial charge on any atom is -0.497 e. The zero-order valence-corrected chi connectivity index (χ0v) is 14.1. The highest BCUT2D eigenvalue weighted by Gasteiger charge is 2.11. The number of carbonyl (C=O) groups excluding carboxylic acids is 1. The van der Waals surface area contributed by atoms with Crippen LogP contribution in [0.5, 0.6) is 5.75 Å². The van der Waals surface area contributed by atoms with Crippen LogP contribution >= 0.6 is 15.9 Å². The molecular formula is C17H17BrN2O2. The van der Waals surface area contributed by atoms with Crippen molar-refractivity contribution in [2.45, 2.75) is 6.92 Å². The monoisotopic (exact) mass is 360 g/mol. The molecule has 5 heteroatoms. The Bertz CT molecular complexity index is 669. The maximum atomic E-state index is 12.3. The number of amides is 1. The summed E-state index contributed by atoms with van der Waals surface area (Å²) in [6, 6.07) is 11.2. The lowest BCUT2D eigenvalue weighted by Gasteiger charge is -2.17. The molecule has 0 spiro atoms. The zero-order chi connectivity index (χ0) is 15.9. The summed E-state index contributed by atoms with van der Waals surface area (Å²) in [7, 11) is 1.62. The van der Waals surface area contributed by atoms with Crippen molar-refractivity contribution in [2.24, 2.45) is 0 Å². The highest BCUT2D eigenvalue weighted by molar-refractivity contribution is 9.10. The fourth-order valence-electron chi connectivity index (χ4n) is 1.96. The Morgan fingerprint density at radius 2 is 2.18 bits per heavy atom. The van der Waals surface area contributed by atoms with Gasteiger partial charge in [0, 0.05) is 23.3 Å². The van der Waals surface area contributed by atoms with Crippen LogP contribution in [0.15, 0.2) is 53.1 Å². The van der Waals surface area contributed by atoms with Crippen LogP contribution in [0.4, 0.5) is 5.82 Å². The molecule has 1 aromatic heterocycles. The molecule has 4 nitrogen and oxygen atoms in total. The lowest BCUT2D eigenvalue weighted by atomic mass is 10.2. The van der Waals surface area contributed by atoms with Gasteiger partial charge < -0.3 is 4.74 Å². The van der Waals surface area contributed by atoms with Gasteiger partial charge in [-0.3, -0.25) is 9.69 Å². The topological polar surface area (TPSA) is 42.4 Å². The molecule has 0 aliphatic heterocycles. The van der Waals surface area contributed by atoms with Crippen LogP contribution in [0.25, 0.3) is 6.08 Å². The fourth-order valence-corrected chi connectivity index (χ4v) is 2.20. The molecule has 0 atom stereocenters. The number of anilines is 1. The lowest BCUT2D eigenvalue weighted by Crippen LogP contribution is -2.29. The van der Waals surface area contributed by atoms with E-state index in [0.29, 0.717) is 12.4 Å². The Morgan fingerprint density at radius 1 is 1.36 bits per heavy atom. The Balaban J connectivity index is 2.14. The summed E-state index contributed by atoms with van der Waals surface area (Å²) >= 11 is 3.34. The second kappa shape index (κ2) is 7.75. The molecule has 0 saturated heterocycles. The quantitative estimate of drug-likeness (QED) is 0.758. The SMILES string of the molecule is CCN(C(=O)/C=C/c1cccc(OC)c1)c1ccc(Br)cn1. The smallest absolute Gasteiger partial charge is 0.252 e. The number of rotatable bonds is 5. The summed E-state index contributed by atoms with van der Waals surface area (Å²) in [4.78, 5) is 18.2. The molecule has 1 heterocycles. The van der Waals surface area contributed by atoms with E-state index in [-0.39, 0.29) is 5.91 Å². The van der Waals surface area contributed by atoms with Gasteiger partial charge in [-0.1, -0.05) is 12.1 Å². The third-order valence-electron chi connectivity index (χ3n) is 3.08. The van der Waals surface area contributed by atoms with Crippen molar-refractivity contribution in [1.29, 1.82) is 0 Å². The van der Waals surface area contributed by atoms with Gasteiger partial charge in [-0.2, -0.15) is 0 Å². The number of likely N-dealkylation sites (N-methyl/N-ethyl adjacent to an activating group) is 1. The van der Waals surface area contributed by atoms with Crippen LogP contribution < -0.4 is 9.64 Å². The summed E-state index contributed by atoms with van der Waals surface area (Å²) in [5.74, 6) is 1.28. The van der Waals surface area contributed by atoms with Gasteiger partial charge in [-0.05, 0) is 58.8 Å². The van der Waals surface area contributed by atoms with Gasteiger partial charge in [0.25, 0.3) is 5.91 Å². The molecule has 0 saturated carbocycles. The maximum absolute atomic E-state index is 12.3. The standard InChI is InChI=1S/C17H17BrN2O2/c1-3-20(16-9-8-14(18)12-19-16)17(21)10-7-13-5-4-6-15(11-13)22-2/h4-12H,3H2,1-2H3/b10-7+. The number of benzene rings is 1. The second-order valence-electron chi connectivity index (χ2n) is 4.53. The molecule has 0 bridgehead atoms. The largest absolute Gasteiger partial charge is 0.497 e. The first-order chi connectivity index (χ1) is 10.6. The molecule has 0 radical (unpaired) electrons. The highest BCUT2D eigenvalue weighted by Crippen LogP contribution is 2.16. The number of hydrogen-bond donors (Lipinski definition) is 0. The van der Waals surface area contributed by atoms with E-state index in [1.807, 2.05) is 43.3 Å². The van der Waals surface area contributed by atoms with E-state index in [1.165, 1.54) is 0 Å². The van der Waals surface area contributed by atoms with E-state index in [4.69, 9.17) is 4.74 Å². The van der Waals surface area contributed by atoms with E-state index in [0.717, 1.165) is 15.8 Å².